The van der Waals surface area contributed by atoms with Gasteiger partial charge in [0, 0.05) is 6.92 Å². The first-order chi connectivity index (χ1) is 10.8. The Hall–Kier alpha value is -2.59. The summed E-state index contributed by atoms with van der Waals surface area (Å²) in [6, 6.07) is 5.47. The fourth-order valence-electron chi connectivity index (χ4n) is 1.62. The SMILES string of the molecule is CC(=O)N(C(=O)C(F)(F)C(F)(F)C(F)(F)C(=O)[O-])c1ccccc1. The number of hydrogen-bond donors (Lipinski definition) is 0. The van der Waals surface area contributed by atoms with Crippen molar-refractivity contribution in [1.29, 1.82) is 0 Å². The summed E-state index contributed by atoms with van der Waals surface area (Å²) in [5.41, 5.74) is -0.595. The molecule has 0 heterocycles. The summed E-state index contributed by atoms with van der Waals surface area (Å²) in [5.74, 6) is -27.5. The Morgan fingerprint density at radius 1 is 0.917 bits per heavy atom. The number of carbonyl (C=O) groups is 3. The molecular weight excluding hydrogens is 348 g/mol. The van der Waals surface area contributed by atoms with Gasteiger partial charge in [-0.15, -0.1) is 0 Å². The monoisotopic (exact) mass is 356 g/mol. The van der Waals surface area contributed by atoms with Crippen molar-refractivity contribution in [3.05, 3.63) is 30.3 Å². The van der Waals surface area contributed by atoms with Gasteiger partial charge in [0.1, 0.15) is 5.97 Å². The molecule has 0 fully saturated rings. The minimum absolute atomic E-state index is 0.459. The lowest BCUT2D eigenvalue weighted by Gasteiger charge is -2.34. The van der Waals surface area contributed by atoms with Gasteiger partial charge in [-0.3, -0.25) is 9.59 Å². The van der Waals surface area contributed by atoms with Crippen LogP contribution in [0, 0.1) is 0 Å². The van der Waals surface area contributed by atoms with E-state index in [-0.39, 0.29) is 0 Å². The number of carboxylic acid groups (broad SMARTS) is 1. The number of carbonyl (C=O) groups excluding carboxylic acids is 3. The molecule has 0 unspecified atom stereocenters. The third-order valence-electron chi connectivity index (χ3n) is 2.85. The Bertz CT molecular complexity index is 662. The van der Waals surface area contributed by atoms with Gasteiger partial charge >= 0.3 is 23.7 Å². The van der Waals surface area contributed by atoms with Crippen LogP contribution in [0.2, 0.25) is 0 Å². The van der Waals surface area contributed by atoms with Gasteiger partial charge in [0.2, 0.25) is 5.91 Å². The normalized spacial score (nSPS) is 12.6. The smallest absolute Gasteiger partial charge is 0.393 e. The minimum Gasteiger partial charge on any atom is -0.544 e. The van der Waals surface area contributed by atoms with Crippen molar-refractivity contribution < 1.29 is 45.8 Å². The van der Waals surface area contributed by atoms with E-state index in [1.54, 1.807) is 0 Å². The van der Waals surface area contributed by atoms with Crippen LogP contribution in [-0.4, -0.2) is 35.6 Å². The van der Waals surface area contributed by atoms with Crippen molar-refractivity contribution in [3.63, 3.8) is 0 Å². The second-order valence-corrected chi connectivity index (χ2v) is 4.51. The van der Waals surface area contributed by atoms with Crippen molar-refractivity contribution in [2.75, 3.05) is 4.90 Å². The number of alkyl halides is 6. The lowest BCUT2D eigenvalue weighted by atomic mass is 10.0. The molecule has 5 nitrogen and oxygen atoms in total. The van der Waals surface area contributed by atoms with E-state index in [9.17, 15) is 45.8 Å². The van der Waals surface area contributed by atoms with Crippen LogP contribution in [0.25, 0.3) is 0 Å². The minimum atomic E-state index is -6.64. The Balaban J connectivity index is 3.42. The highest BCUT2D eigenvalue weighted by Crippen LogP contribution is 2.46. The van der Waals surface area contributed by atoms with Gasteiger partial charge in [-0.05, 0) is 12.1 Å². The van der Waals surface area contributed by atoms with Crippen LogP contribution in [0.1, 0.15) is 6.92 Å². The molecule has 1 aromatic rings. The Morgan fingerprint density at radius 2 is 1.38 bits per heavy atom. The van der Waals surface area contributed by atoms with Gasteiger partial charge in [0.25, 0.3) is 0 Å². The Kier molecular flexibility index (Phi) is 4.97. The number of hydrogen-bond acceptors (Lipinski definition) is 4. The maximum Gasteiger partial charge on any atom is 0.393 e. The van der Waals surface area contributed by atoms with Crippen molar-refractivity contribution >= 4 is 23.5 Å². The van der Waals surface area contributed by atoms with Crippen molar-refractivity contribution in [3.8, 4) is 0 Å². The summed E-state index contributed by atoms with van der Waals surface area (Å²) >= 11 is 0. The van der Waals surface area contributed by atoms with E-state index in [1.807, 2.05) is 0 Å². The number of nitrogens with zero attached hydrogens (tertiary/aromatic N) is 1. The number of amides is 2. The van der Waals surface area contributed by atoms with Crippen molar-refractivity contribution in [2.45, 2.75) is 24.7 Å². The molecule has 24 heavy (non-hydrogen) atoms. The molecule has 0 aromatic heterocycles. The molecule has 0 radical (unpaired) electrons. The molecular formula is C13H8F6NO4-. The quantitative estimate of drug-likeness (QED) is 0.744. The molecule has 0 aliphatic heterocycles. The maximum absolute atomic E-state index is 13.7. The molecule has 0 N–H and O–H groups in total. The number of carboxylic acids is 1. The first kappa shape index (κ1) is 19.5. The molecule has 0 spiro atoms. The summed E-state index contributed by atoms with van der Waals surface area (Å²) in [6.45, 7) is 0.552. The third kappa shape index (κ3) is 2.93. The van der Waals surface area contributed by atoms with Gasteiger partial charge in [-0.1, -0.05) is 18.2 Å². The summed E-state index contributed by atoms with van der Waals surface area (Å²) < 4.78 is 79.8. The van der Waals surface area contributed by atoms with Crippen LogP contribution < -0.4 is 10.0 Å². The first-order valence-corrected chi connectivity index (χ1v) is 6.03. The van der Waals surface area contributed by atoms with Crippen LogP contribution >= 0.6 is 0 Å². The van der Waals surface area contributed by atoms with Gasteiger partial charge in [-0.2, -0.15) is 26.3 Å². The molecule has 2 amide bonds. The molecule has 1 aromatic carbocycles. The van der Waals surface area contributed by atoms with Crippen LogP contribution in [0.5, 0.6) is 0 Å². The third-order valence-corrected chi connectivity index (χ3v) is 2.85. The molecule has 0 aliphatic carbocycles. The van der Waals surface area contributed by atoms with E-state index in [0.717, 1.165) is 24.3 Å². The van der Waals surface area contributed by atoms with Crippen LogP contribution in [0.4, 0.5) is 32.0 Å². The van der Waals surface area contributed by atoms with E-state index in [2.05, 4.69) is 0 Å². The zero-order valence-corrected chi connectivity index (χ0v) is 11.7. The van der Waals surface area contributed by atoms with E-state index in [1.165, 1.54) is 6.07 Å². The fourth-order valence-corrected chi connectivity index (χ4v) is 1.62. The summed E-state index contributed by atoms with van der Waals surface area (Å²) in [6.07, 6.45) is 0. The Labute approximate surface area is 130 Å². The summed E-state index contributed by atoms with van der Waals surface area (Å²) in [5, 5.41) is 10.0. The topological polar surface area (TPSA) is 77.5 Å². The molecule has 1 rings (SSSR count). The fraction of sp³-hybridized carbons (Fsp3) is 0.308. The van der Waals surface area contributed by atoms with Gasteiger partial charge < -0.3 is 9.90 Å². The zero-order chi connectivity index (χ0) is 18.9. The molecule has 0 aliphatic rings. The highest BCUT2D eigenvalue weighted by Gasteiger charge is 2.76. The van der Waals surface area contributed by atoms with Crippen molar-refractivity contribution in [2.24, 2.45) is 0 Å². The van der Waals surface area contributed by atoms with Gasteiger partial charge in [0.05, 0.1) is 5.69 Å². The summed E-state index contributed by atoms with van der Waals surface area (Å²) in [4.78, 5) is 32.6. The predicted octanol–water partition coefficient (Wildman–Crippen LogP) is 1.22. The number of anilines is 1. The van der Waals surface area contributed by atoms with Crippen LogP contribution in [-0.2, 0) is 14.4 Å². The second-order valence-electron chi connectivity index (χ2n) is 4.51. The molecule has 11 heteroatoms. The van der Waals surface area contributed by atoms with Crippen LogP contribution in [0.3, 0.4) is 0 Å². The van der Waals surface area contributed by atoms with E-state index in [4.69, 9.17) is 0 Å². The largest absolute Gasteiger partial charge is 0.544 e. The van der Waals surface area contributed by atoms with E-state index < -0.39 is 46.1 Å². The second kappa shape index (κ2) is 6.13. The number of imide groups is 1. The number of rotatable bonds is 5. The molecule has 0 bridgehead atoms. The van der Waals surface area contributed by atoms with E-state index >= 15 is 0 Å². The zero-order valence-electron chi connectivity index (χ0n) is 11.7. The average molecular weight is 356 g/mol. The van der Waals surface area contributed by atoms with E-state index in [0.29, 0.717) is 6.92 Å². The molecule has 132 valence electrons. The Morgan fingerprint density at radius 3 is 1.75 bits per heavy atom. The average Bonchev–Trinajstić information content (AvgIpc) is 2.47. The number of halogens is 6. The van der Waals surface area contributed by atoms with Crippen LogP contribution in [0.15, 0.2) is 30.3 Å². The maximum atomic E-state index is 13.7. The van der Waals surface area contributed by atoms with Crippen molar-refractivity contribution in [1.82, 2.24) is 0 Å². The van der Waals surface area contributed by atoms with Gasteiger partial charge in [-0.25, -0.2) is 4.90 Å². The highest BCUT2D eigenvalue weighted by molar-refractivity contribution is 6.16. The highest BCUT2D eigenvalue weighted by atomic mass is 19.3. The predicted molar refractivity (Wildman–Crippen MR) is 64.5 cm³/mol. The molecule has 0 atom stereocenters. The lowest BCUT2D eigenvalue weighted by Crippen LogP contribution is -2.66. The first-order valence-electron chi connectivity index (χ1n) is 6.03. The number of para-hydroxylation sites is 1. The standard InChI is InChI=1S/C13H9F6NO4/c1-7(21)20(8-5-3-2-4-6-8)9(22)11(14,15)13(18,19)12(16,17)10(23)24/h2-6H,1H3,(H,23,24)/p-1. The number of benzene rings is 1. The lowest BCUT2D eigenvalue weighted by molar-refractivity contribution is -0.364. The molecule has 0 saturated heterocycles. The summed E-state index contributed by atoms with van der Waals surface area (Å²) in [7, 11) is 0. The number of aliphatic carboxylic acids is 1. The molecule has 0 saturated carbocycles. The van der Waals surface area contributed by atoms with Gasteiger partial charge in [0.15, 0.2) is 0 Å².